The minimum atomic E-state index is -0.893. The number of rotatable bonds is 7. The number of amides is 2. The summed E-state index contributed by atoms with van der Waals surface area (Å²) in [6.45, 7) is 0.214. The molecule has 0 radical (unpaired) electrons. The van der Waals surface area contributed by atoms with Crippen molar-refractivity contribution < 1.29 is 14.7 Å². The van der Waals surface area contributed by atoms with Crippen LogP contribution in [0, 0.1) is 5.92 Å². The highest BCUT2D eigenvalue weighted by Crippen LogP contribution is 2.33. The van der Waals surface area contributed by atoms with E-state index in [2.05, 4.69) is 5.32 Å². The summed E-state index contributed by atoms with van der Waals surface area (Å²) in [6.07, 6.45) is 5.92. The van der Waals surface area contributed by atoms with E-state index >= 15 is 0 Å². The zero-order valence-corrected chi connectivity index (χ0v) is 13.7. The van der Waals surface area contributed by atoms with Crippen LogP contribution in [0.5, 0.6) is 0 Å². The van der Waals surface area contributed by atoms with Gasteiger partial charge < -0.3 is 15.3 Å². The van der Waals surface area contributed by atoms with Crippen LogP contribution in [0.1, 0.15) is 50.1 Å². The summed E-state index contributed by atoms with van der Waals surface area (Å²) < 4.78 is 0. The molecule has 1 atom stereocenters. The molecule has 1 unspecified atom stereocenters. The zero-order valence-electron chi connectivity index (χ0n) is 13.7. The monoisotopic (exact) mass is 318 g/mol. The van der Waals surface area contributed by atoms with E-state index in [1.165, 1.54) is 30.6 Å². The number of carboxylic acid groups (broad SMARTS) is 1. The molecule has 1 aromatic carbocycles. The van der Waals surface area contributed by atoms with Crippen LogP contribution in [0.25, 0.3) is 0 Å². The van der Waals surface area contributed by atoms with Gasteiger partial charge in [0.15, 0.2) is 0 Å². The van der Waals surface area contributed by atoms with Gasteiger partial charge in [-0.15, -0.1) is 0 Å². The van der Waals surface area contributed by atoms with Gasteiger partial charge in [0.25, 0.3) is 0 Å². The molecule has 1 aliphatic carbocycles. The number of nitrogens with zero attached hydrogens (tertiary/aromatic N) is 1. The number of hydrogen-bond acceptors (Lipinski definition) is 2. The van der Waals surface area contributed by atoms with Crippen LogP contribution >= 0.6 is 0 Å². The molecule has 1 fully saturated rings. The molecule has 1 aromatic rings. The lowest BCUT2D eigenvalue weighted by atomic mass is 9.93. The maximum absolute atomic E-state index is 12.3. The second kappa shape index (κ2) is 8.56. The number of benzene rings is 1. The van der Waals surface area contributed by atoms with E-state index in [0.29, 0.717) is 5.92 Å². The van der Waals surface area contributed by atoms with Gasteiger partial charge in [0, 0.05) is 13.6 Å². The zero-order chi connectivity index (χ0) is 16.7. The molecule has 23 heavy (non-hydrogen) atoms. The predicted molar refractivity (Wildman–Crippen MR) is 89.2 cm³/mol. The Labute approximate surface area is 137 Å². The van der Waals surface area contributed by atoms with Gasteiger partial charge in [-0.05, 0) is 17.9 Å². The standard InChI is InChI=1S/C18H26N2O3/c1-20(12-11-17(21)22)18(23)19-16(13-14-7-5-6-8-14)15-9-3-2-4-10-15/h2-4,9-10,14,16H,5-8,11-13H2,1H3,(H,19,23)(H,21,22). The highest BCUT2D eigenvalue weighted by Gasteiger charge is 2.23. The first-order valence-corrected chi connectivity index (χ1v) is 8.34. The highest BCUT2D eigenvalue weighted by atomic mass is 16.4. The van der Waals surface area contributed by atoms with E-state index in [1.54, 1.807) is 7.05 Å². The Morgan fingerprint density at radius 1 is 1.26 bits per heavy atom. The van der Waals surface area contributed by atoms with E-state index in [9.17, 15) is 9.59 Å². The van der Waals surface area contributed by atoms with E-state index in [1.807, 2.05) is 30.3 Å². The van der Waals surface area contributed by atoms with Crippen LogP contribution in [-0.2, 0) is 4.79 Å². The van der Waals surface area contributed by atoms with Crippen molar-refractivity contribution in [2.24, 2.45) is 5.92 Å². The summed E-state index contributed by atoms with van der Waals surface area (Å²) in [7, 11) is 1.63. The van der Waals surface area contributed by atoms with Crippen molar-refractivity contribution in [3.63, 3.8) is 0 Å². The van der Waals surface area contributed by atoms with Gasteiger partial charge in [0.1, 0.15) is 0 Å². The molecule has 2 amide bonds. The second-order valence-corrected chi connectivity index (χ2v) is 6.36. The Hall–Kier alpha value is -2.04. The molecule has 0 aliphatic heterocycles. The van der Waals surface area contributed by atoms with Crippen molar-refractivity contribution in [1.82, 2.24) is 10.2 Å². The molecule has 2 rings (SSSR count). The first-order chi connectivity index (χ1) is 11.1. The quantitative estimate of drug-likeness (QED) is 0.809. The average molecular weight is 318 g/mol. The largest absolute Gasteiger partial charge is 0.481 e. The van der Waals surface area contributed by atoms with Crippen molar-refractivity contribution in [2.45, 2.75) is 44.6 Å². The van der Waals surface area contributed by atoms with Gasteiger partial charge in [-0.1, -0.05) is 56.0 Å². The number of carbonyl (C=O) groups is 2. The molecular weight excluding hydrogens is 292 g/mol. The maximum atomic E-state index is 12.3. The fraction of sp³-hybridized carbons (Fsp3) is 0.556. The smallest absolute Gasteiger partial charge is 0.317 e. The molecule has 5 nitrogen and oxygen atoms in total. The maximum Gasteiger partial charge on any atom is 0.317 e. The van der Waals surface area contributed by atoms with Crippen molar-refractivity contribution in [3.05, 3.63) is 35.9 Å². The second-order valence-electron chi connectivity index (χ2n) is 6.36. The van der Waals surface area contributed by atoms with Crippen LogP contribution in [0.4, 0.5) is 4.79 Å². The van der Waals surface area contributed by atoms with Gasteiger partial charge in [-0.3, -0.25) is 4.79 Å². The van der Waals surface area contributed by atoms with Crippen LogP contribution in [0.3, 0.4) is 0 Å². The van der Waals surface area contributed by atoms with Crippen molar-refractivity contribution in [3.8, 4) is 0 Å². The summed E-state index contributed by atoms with van der Waals surface area (Å²) >= 11 is 0. The lowest BCUT2D eigenvalue weighted by molar-refractivity contribution is -0.137. The van der Waals surface area contributed by atoms with Gasteiger partial charge in [0.2, 0.25) is 0 Å². The van der Waals surface area contributed by atoms with Gasteiger partial charge >= 0.3 is 12.0 Å². The summed E-state index contributed by atoms with van der Waals surface area (Å²) in [5.74, 6) is -0.236. The fourth-order valence-corrected chi connectivity index (χ4v) is 3.17. The Morgan fingerprint density at radius 3 is 2.52 bits per heavy atom. The average Bonchev–Trinajstić information content (AvgIpc) is 3.05. The minimum absolute atomic E-state index is 0.0147. The first-order valence-electron chi connectivity index (χ1n) is 8.34. The van der Waals surface area contributed by atoms with Gasteiger partial charge in [0.05, 0.1) is 12.5 Å². The first kappa shape index (κ1) is 17.3. The molecule has 1 saturated carbocycles. The van der Waals surface area contributed by atoms with Gasteiger partial charge in [-0.2, -0.15) is 0 Å². The van der Waals surface area contributed by atoms with Crippen molar-refractivity contribution >= 4 is 12.0 Å². The SMILES string of the molecule is CN(CCC(=O)O)C(=O)NC(CC1CCCC1)c1ccccc1. The topological polar surface area (TPSA) is 69.6 Å². The lowest BCUT2D eigenvalue weighted by Crippen LogP contribution is -2.40. The van der Waals surface area contributed by atoms with Gasteiger partial charge in [-0.25, -0.2) is 4.79 Å². The number of hydrogen-bond donors (Lipinski definition) is 2. The molecule has 0 heterocycles. The predicted octanol–water partition coefficient (Wildman–Crippen LogP) is 3.42. The van der Waals surface area contributed by atoms with E-state index in [0.717, 1.165) is 12.0 Å². The minimum Gasteiger partial charge on any atom is -0.481 e. The molecule has 5 heteroatoms. The van der Waals surface area contributed by atoms with E-state index < -0.39 is 5.97 Å². The molecule has 0 spiro atoms. The number of nitrogens with one attached hydrogen (secondary N) is 1. The molecular formula is C18H26N2O3. The Bertz CT molecular complexity index is 512. The normalized spacial score (nSPS) is 16.0. The Balaban J connectivity index is 1.98. The summed E-state index contributed by atoms with van der Waals surface area (Å²) in [5, 5.41) is 11.8. The molecule has 1 aliphatic rings. The third-order valence-electron chi connectivity index (χ3n) is 4.55. The van der Waals surface area contributed by atoms with E-state index in [-0.39, 0.29) is 25.0 Å². The number of aliphatic carboxylic acids is 1. The highest BCUT2D eigenvalue weighted by molar-refractivity contribution is 5.75. The Kier molecular flexibility index (Phi) is 6.44. The van der Waals surface area contributed by atoms with Crippen molar-refractivity contribution in [1.29, 1.82) is 0 Å². The molecule has 0 saturated heterocycles. The molecule has 0 bridgehead atoms. The van der Waals surface area contributed by atoms with Crippen LogP contribution in [0.2, 0.25) is 0 Å². The van der Waals surface area contributed by atoms with Crippen LogP contribution in [-0.4, -0.2) is 35.6 Å². The van der Waals surface area contributed by atoms with E-state index in [4.69, 9.17) is 5.11 Å². The molecule has 126 valence electrons. The Morgan fingerprint density at radius 2 is 1.91 bits per heavy atom. The number of carbonyl (C=O) groups excluding carboxylic acids is 1. The third kappa shape index (κ3) is 5.58. The third-order valence-corrected chi connectivity index (χ3v) is 4.55. The summed E-state index contributed by atoms with van der Waals surface area (Å²) in [4.78, 5) is 24.4. The van der Waals surface area contributed by atoms with Crippen molar-refractivity contribution in [2.75, 3.05) is 13.6 Å². The number of urea groups is 1. The molecule has 2 N–H and O–H groups in total. The van der Waals surface area contributed by atoms with Crippen LogP contribution < -0.4 is 5.32 Å². The number of carboxylic acids is 1. The molecule has 0 aromatic heterocycles. The van der Waals surface area contributed by atoms with Crippen LogP contribution in [0.15, 0.2) is 30.3 Å². The summed E-state index contributed by atoms with van der Waals surface area (Å²) in [5.41, 5.74) is 1.11. The fourth-order valence-electron chi connectivity index (χ4n) is 3.17. The lowest BCUT2D eigenvalue weighted by Gasteiger charge is -2.25. The summed E-state index contributed by atoms with van der Waals surface area (Å²) in [6, 6.07) is 9.79.